The molecule has 0 aliphatic carbocycles. The van der Waals surface area contributed by atoms with Crippen LogP contribution in [0.2, 0.25) is 5.02 Å². The predicted octanol–water partition coefficient (Wildman–Crippen LogP) is 3.34. The first-order valence-corrected chi connectivity index (χ1v) is 9.40. The molecule has 1 N–H and O–H groups in total. The van der Waals surface area contributed by atoms with Crippen LogP contribution >= 0.6 is 34.7 Å². The molecule has 1 aromatic heterocycles. The first kappa shape index (κ1) is 14.7. The van der Waals surface area contributed by atoms with Gasteiger partial charge in [0.25, 0.3) is 5.91 Å². The lowest BCUT2D eigenvalue weighted by Crippen LogP contribution is -2.62. The summed E-state index contributed by atoms with van der Waals surface area (Å²) in [5, 5.41) is 3.81. The van der Waals surface area contributed by atoms with Crippen LogP contribution in [0.5, 0.6) is 0 Å². The van der Waals surface area contributed by atoms with Crippen molar-refractivity contribution in [2.45, 2.75) is 36.1 Å². The van der Waals surface area contributed by atoms with E-state index in [0.29, 0.717) is 21.9 Å². The van der Waals surface area contributed by atoms with E-state index in [1.165, 1.54) is 37.3 Å². The average molecular weight is 331 g/mol. The Bertz CT molecular complexity index is 509. The number of hydrogen-bond donors (Lipinski definition) is 1. The molecule has 0 saturated carbocycles. The van der Waals surface area contributed by atoms with Crippen LogP contribution < -0.4 is 5.32 Å². The van der Waals surface area contributed by atoms with Gasteiger partial charge in [0.2, 0.25) is 0 Å². The van der Waals surface area contributed by atoms with Crippen molar-refractivity contribution in [3.63, 3.8) is 0 Å². The van der Waals surface area contributed by atoms with Crippen molar-refractivity contribution in [3.8, 4) is 0 Å². The third kappa shape index (κ3) is 2.61. The standard InChI is InChI=1S/C14H19ClN2OS2/c1-8-12(9-3-5-17(8)6-4-9)16-14(18)13-10(15)7-11(19-2)20-13/h7-9,12H,3-6H2,1-2H3,(H,16,18)/t8-,12+/m1/s1. The summed E-state index contributed by atoms with van der Waals surface area (Å²) in [5.74, 6) is 0.614. The molecule has 3 saturated heterocycles. The van der Waals surface area contributed by atoms with Crippen molar-refractivity contribution in [2.24, 2.45) is 5.92 Å². The fourth-order valence-corrected chi connectivity index (χ4v) is 5.31. The van der Waals surface area contributed by atoms with Gasteiger partial charge in [-0.3, -0.25) is 9.69 Å². The van der Waals surface area contributed by atoms with E-state index in [9.17, 15) is 4.79 Å². The maximum Gasteiger partial charge on any atom is 0.263 e. The van der Waals surface area contributed by atoms with Crippen LogP contribution in [-0.2, 0) is 0 Å². The molecule has 6 heteroatoms. The number of carbonyl (C=O) groups is 1. The number of hydrogen-bond acceptors (Lipinski definition) is 4. The van der Waals surface area contributed by atoms with Crippen LogP contribution in [0.25, 0.3) is 0 Å². The molecule has 3 fully saturated rings. The molecular formula is C14H19ClN2OS2. The lowest BCUT2D eigenvalue weighted by Gasteiger charge is -2.49. The molecule has 0 radical (unpaired) electrons. The molecule has 110 valence electrons. The Morgan fingerprint density at radius 1 is 1.50 bits per heavy atom. The van der Waals surface area contributed by atoms with E-state index < -0.39 is 0 Å². The Labute approximate surface area is 133 Å². The molecule has 2 bridgehead atoms. The molecule has 1 amide bonds. The molecule has 3 aliphatic heterocycles. The lowest BCUT2D eigenvalue weighted by atomic mass is 9.79. The first-order valence-electron chi connectivity index (χ1n) is 6.98. The van der Waals surface area contributed by atoms with Gasteiger partial charge in [0, 0.05) is 12.1 Å². The Morgan fingerprint density at radius 2 is 2.20 bits per heavy atom. The zero-order valence-corrected chi connectivity index (χ0v) is 14.1. The topological polar surface area (TPSA) is 32.3 Å². The highest BCUT2D eigenvalue weighted by Gasteiger charge is 2.40. The second kappa shape index (κ2) is 5.87. The van der Waals surface area contributed by atoms with Gasteiger partial charge < -0.3 is 5.32 Å². The van der Waals surface area contributed by atoms with Gasteiger partial charge >= 0.3 is 0 Å². The summed E-state index contributed by atoms with van der Waals surface area (Å²) in [4.78, 5) is 15.6. The number of fused-ring (bicyclic) bond motifs is 3. The van der Waals surface area contributed by atoms with Crippen LogP contribution in [0.3, 0.4) is 0 Å². The highest BCUT2D eigenvalue weighted by molar-refractivity contribution is 8.00. The van der Waals surface area contributed by atoms with Crippen molar-refractivity contribution in [1.29, 1.82) is 0 Å². The molecule has 0 spiro atoms. The monoisotopic (exact) mass is 330 g/mol. The Morgan fingerprint density at radius 3 is 2.75 bits per heavy atom. The summed E-state index contributed by atoms with van der Waals surface area (Å²) in [6.45, 7) is 4.57. The zero-order valence-electron chi connectivity index (χ0n) is 11.7. The fourth-order valence-electron chi connectivity index (χ4n) is 3.37. The van der Waals surface area contributed by atoms with Gasteiger partial charge in [0.15, 0.2) is 0 Å². The Balaban J connectivity index is 1.73. The Hall–Kier alpha value is -0.230. The number of piperidine rings is 3. The summed E-state index contributed by atoms with van der Waals surface area (Å²) >= 11 is 9.29. The molecule has 0 aromatic carbocycles. The number of carbonyl (C=O) groups excluding carboxylic acids is 1. The average Bonchev–Trinajstić information content (AvgIpc) is 2.84. The van der Waals surface area contributed by atoms with Crippen LogP contribution in [0.4, 0.5) is 0 Å². The van der Waals surface area contributed by atoms with E-state index in [-0.39, 0.29) is 11.9 Å². The molecule has 3 aliphatic rings. The SMILES string of the molecule is CSc1cc(Cl)c(C(=O)N[C@@H]2C3CCN(CC3)[C@@H]2C)s1. The van der Waals surface area contributed by atoms with Gasteiger partial charge in [-0.2, -0.15) is 0 Å². The van der Waals surface area contributed by atoms with Crippen molar-refractivity contribution in [1.82, 2.24) is 10.2 Å². The largest absolute Gasteiger partial charge is 0.347 e. The van der Waals surface area contributed by atoms with Crippen LogP contribution in [0, 0.1) is 5.92 Å². The summed E-state index contributed by atoms with van der Waals surface area (Å²) in [7, 11) is 0. The summed E-state index contributed by atoms with van der Waals surface area (Å²) < 4.78 is 1.09. The molecule has 20 heavy (non-hydrogen) atoms. The second-order valence-electron chi connectivity index (χ2n) is 5.56. The van der Waals surface area contributed by atoms with Crippen molar-refractivity contribution in [3.05, 3.63) is 16.0 Å². The van der Waals surface area contributed by atoms with Crippen molar-refractivity contribution >= 4 is 40.6 Å². The number of nitrogens with zero attached hydrogens (tertiary/aromatic N) is 1. The number of thioether (sulfide) groups is 1. The quantitative estimate of drug-likeness (QED) is 0.863. The van der Waals surface area contributed by atoms with Crippen LogP contribution in [0.1, 0.15) is 29.4 Å². The molecule has 1 aromatic rings. The smallest absolute Gasteiger partial charge is 0.263 e. The van der Waals surface area contributed by atoms with Gasteiger partial charge in [-0.05, 0) is 51.1 Å². The summed E-state index contributed by atoms with van der Waals surface area (Å²) in [6, 6.07) is 2.58. The number of thiophene rings is 1. The number of rotatable bonds is 3. The zero-order chi connectivity index (χ0) is 14.3. The molecular weight excluding hydrogens is 312 g/mol. The molecule has 0 unspecified atom stereocenters. The minimum Gasteiger partial charge on any atom is -0.347 e. The predicted molar refractivity (Wildman–Crippen MR) is 86.1 cm³/mol. The first-order chi connectivity index (χ1) is 9.60. The summed E-state index contributed by atoms with van der Waals surface area (Å²) in [5.41, 5.74) is 0. The minimum atomic E-state index is -0.00843. The Kier molecular flexibility index (Phi) is 4.32. The second-order valence-corrected chi connectivity index (χ2v) is 8.13. The van der Waals surface area contributed by atoms with Gasteiger partial charge in [0.05, 0.1) is 9.23 Å². The minimum absolute atomic E-state index is 0.00843. The lowest BCUT2D eigenvalue weighted by molar-refractivity contribution is 0.0218. The van der Waals surface area contributed by atoms with E-state index in [2.05, 4.69) is 17.1 Å². The van der Waals surface area contributed by atoms with E-state index in [1.807, 2.05) is 12.3 Å². The number of nitrogens with one attached hydrogen (secondary N) is 1. The third-order valence-corrected chi connectivity index (χ3v) is 7.16. The van der Waals surface area contributed by atoms with E-state index >= 15 is 0 Å². The highest BCUT2D eigenvalue weighted by atomic mass is 35.5. The van der Waals surface area contributed by atoms with Gasteiger partial charge in [-0.1, -0.05) is 11.6 Å². The van der Waals surface area contributed by atoms with Gasteiger partial charge in [-0.15, -0.1) is 23.1 Å². The third-order valence-electron chi connectivity index (χ3n) is 4.55. The normalized spacial score (nSPS) is 32.4. The highest BCUT2D eigenvalue weighted by Crippen LogP contribution is 2.35. The number of halogens is 1. The van der Waals surface area contributed by atoms with E-state index in [0.717, 1.165) is 4.21 Å². The molecule has 3 nitrogen and oxygen atoms in total. The van der Waals surface area contributed by atoms with Crippen molar-refractivity contribution < 1.29 is 4.79 Å². The molecule has 2 atom stereocenters. The van der Waals surface area contributed by atoms with Gasteiger partial charge in [0.1, 0.15) is 4.88 Å². The maximum absolute atomic E-state index is 12.5. The van der Waals surface area contributed by atoms with Gasteiger partial charge in [-0.25, -0.2) is 0 Å². The van der Waals surface area contributed by atoms with E-state index in [1.54, 1.807) is 11.8 Å². The molecule has 4 rings (SSSR count). The summed E-state index contributed by atoms with van der Waals surface area (Å²) in [6.07, 6.45) is 4.40. The van der Waals surface area contributed by atoms with E-state index in [4.69, 9.17) is 11.6 Å². The number of amides is 1. The fraction of sp³-hybridized carbons (Fsp3) is 0.643. The van der Waals surface area contributed by atoms with Crippen LogP contribution in [-0.4, -0.2) is 42.2 Å². The van der Waals surface area contributed by atoms with Crippen molar-refractivity contribution in [2.75, 3.05) is 19.3 Å². The molecule has 4 heterocycles. The van der Waals surface area contributed by atoms with Crippen LogP contribution in [0.15, 0.2) is 10.3 Å². The maximum atomic E-state index is 12.5.